The minimum absolute atomic E-state index is 0.127. The molecule has 0 radical (unpaired) electrons. The predicted octanol–water partition coefficient (Wildman–Crippen LogP) is 2.09. The van der Waals surface area contributed by atoms with Crippen molar-refractivity contribution in [2.24, 2.45) is 0 Å². The number of hydrogen-bond donors (Lipinski definition) is 1. The van der Waals surface area contributed by atoms with Crippen molar-refractivity contribution in [3.05, 3.63) is 29.8 Å². The van der Waals surface area contributed by atoms with Crippen LogP contribution in [-0.2, 0) is 9.53 Å². The van der Waals surface area contributed by atoms with E-state index in [0.29, 0.717) is 12.1 Å². The van der Waals surface area contributed by atoms with E-state index in [2.05, 4.69) is 10.1 Å². The summed E-state index contributed by atoms with van der Waals surface area (Å²) in [4.78, 5) is 24.0. The number of hydrogen-bond acceptors (Lipinski definition) is 4. The zero-order chi connectivity index (χ0) is 13.5. The van der Waals surface area contributed by atoms with Crippen LogP contribution in [0.5, 0.6) is 0 Å². The van der Waals surface area contributed by atoms with Crippen molar-refractivity contribution in [2.75, 3.05) is 13.7 Å². The van der Waals surface area contributed by atoms with Crippen LogP contribution in [0.2, 0.25) is 0 Å². The number of methoxy groups -OCH3 is 1. The number of nitrogens with one attached hydrogen (secondary N) is 1. The third kappa shape index (κ3) is 3.77. The van der Waals surface area contributed by atoms with E-state index in [0.717, 1.165) is 4.90 Å². The molecule has 0 saturated heterocycles. The molecule has 1 aromatic rings. The second-order valence-corrected chi connectivity index (χ2v) is 5.02. The van der Waals surface area contributed by atoms with Crippen molar-refractivity contribution < 1.29 is 14.3 Å². The summed E-state index contributed by atoms with van der Waals surface area (Å²) in [6, 6.07) is 7.22. The smallest absolute Gasteiger partial charge is 0.318 e. The highest BCUT2D eigenvalue weighted by Gasteiger charge is 2.18. The van der Waals surface area contributed by atoms with Gasteiger partial charge in [0.2, 0.25) is 0 Å². The summed E-state index contributed by atoms with van der Waals surface area (Å²) in [5.74, 6) is -0.427. The minimum Gasteiger partial charge on any atom is -0.468 e. The van der Waals surface area contributed by atoms with Crippen LogP contribution in [-0.4, -0.2) is 30.8 Å². The fraction of sp³-hybridized carbons (Fsp3) is 0.385. The molecule has 1 rings (SSSR count). The lowest BCUT2D eigenvalue weighted by molar-refractivity contribution is -0.139. The Labute approximate surface area is 111 Å². The highest BCUT2D eigenvalue weighted by molar-refractivity contribution is 8.00. The van der Waals surface area contributed by atoms with Crippen LogP contribution in [0.3, 0.4) is 0 Å². The summed E-state index contributed by atoms with van der Waals surface area (Å²) in [5.41, 5.74) is 0.583. The molecule has 1 unspecified atom stereocenters. The topological polar surface area (TPSA) is 55.4 Å². The number of carbonyl (C=O) groups excluding carboxylic acids is 2. The van der Waals surface area contributed by atoms with Crippen molar-refractivity contribution in [1.82, 2.24) is 5.32 Å². The second-order valence-electron chi connectivity index (χ2n) is 3.64. The van der Waals surface area contributed by atoms with E-state index in [1.165, 1.54) is 18.9 Å². The zero-order valence-electron chi connectivity index (χ0n) is 10.7. The molecule has 0 aliphatic heterocycles. The quantitative estimate of drug-likeness (QED) is 0.655. The molecule has 1 atom stereocenters. The monoisotopic (exact) mass is 267 g/mol. The minimum atomic E-state index is -0.342. The van der Waals surface area contributed by atoms with Crippen LogP contribution < -0.4 is 5.32 Å². The molecule has 1 aromatic carbocycles. The van der Waals surface area contributed by atoms with Gasteiger partial charge in [0.25, 0.3) is 5.91 Å². The predicted molar refractivity (Wildman–Crippen MR) is 71.8 cm³/mol. The van der Waals surface area contributed by atoms with E-state index in [1.54, 1.807) is 19.1 Å². The van der Waals surface area contributed by atoms with E-state index in [-0.39, 0.29) is 17.1 Å². The Hall–Kier alpha value is -1.49. The van der Waals surface area contributed by atoms with E-state index < -0.39 is 0 Å². The fourth-order valence-electron chi connectivity index (χ4n) is 1.42. The molecule has 0 aromatic heterocycles. The Bertz CT molecular complexity index is 434. The van der Waals surface area contributed by atoms with Crippen LogP contribution in [0.4, 0.5) is 0 Å². The van der Waals surface area contributed by atoms with E-state index in [4.69, 9.17) is 0 Å². The van der Waals surface area contributed by atoms with Gasteiger partial charge >= 0.3 is 5.97 Å². The number of esters is 1. The average Bonchev–Trinajstić information content (AvgIpc) is 2.38. The largest absolute Gasteiger partial charge is 0.468 e. The van der Waals surface area contributed by atoms with Crippen molar-refractivity contribution in [3.8, 4) is 0 Å². The summed E-state index contributed by atoms with van der Waals surface area (Å²) in [6.07, 6.45) is 0. The molecule has 18 heavy (non-hydrogen) atoms. The van der Waals surface area contributed by atoms with Crippen molar-refractivity contribution in [1.29, 1.82) is 0 Å². The van der Waals surface area contributed by atoms with Gasteiger partial charge in [0.1, 0.15) is 5.25 Å². The standard InChI is InChI=1S/C13H17NO3S/c1-4-14-12(15)10-7-5-6-8-11(10)18-9(2)13(16)17-3/h5-9H,4H2,1-3H3,(H,14,15). The lowest BCUT2D eigenvalue weighted by atomic mass is 10.2. The normalized spacial score (nSPS) is 11.7. The Morgan fingerprint density at radius 2 is 2.06 bits per heavy atom. The third-order valence-corrected chi connectivity index (χ3v) is 3.46. The van der Waals surface area contributed by atoms with Crippen LogP contribution in [0.1, 0.15) is 24.2 Å². The molecule has 0 aliphatic carbocycles. The number of amides is 1. The van der Waals surface area contributed by atoms with Crippen molar-refractivity contribution in [2.45, 2.75) is 24.0 Å². The maximum atomic E-state index is 11.8. The molecule has 1 N–H and O–H groups in total. The van der Waals surface area contributed by atoms with Gasteiger partial charge < -0.3 is 10.1 Å². The Morgan fingerprint density at radius 3 is 2.67 bits per heavy atom. The Balaban J connectivity index is 2.88. The molecule has 0 bridgehead atoms. The molecule has 0 fully saturated rings. The van der Waals surface area contributed by atoms with Crippen LogP contribution in [0, 0.1) is 0 Å². The van der Waals surface area contributed by atoms with Gasteiger partial charge in [-0.2, -0.15) is 0 Å². The van der Waals surface area contributed by atoms with Gasteiger partial charge in [-0.1, -0.05) is 12.1 Å². The Kier molecular flexibility index (Phi) is 5.71. The van der Waals surface area contributed by atoms with Gasteiger partial charge in [-0.3, -0.25) is 9.59 Å². The number of ether oxygens (including phenoxy) is 1. The number of carbonyl (C=O) groups is 2. The first kappa shape index (κ1) is 14.6. The summed E-state index contributed by atoms with van der Waals surface area (Å²) in [6.45, 7) is 4.19. The first-order valence-corrected chi connectivity index (χ1v) is 6.59. The molecule has 0 saturated carbocycles. The highest BCUT2D eigenvalue weighted by Crippen LogP contribution is 2.27. The molecule has 0 aliphatic rings. The molecule has 5 heteroatoms. The molecule has 98 valence electrons. The SMILES string of the molecule is CCNC(=O)c1ccccc1SC(C)C(=O)OC. The van der Waals surface area contributed by atoms with Gasteiger partial charge in [0, 0.05) is 11.4 Å². The first-order chi connectivity index (χ1) is 8.60. The maximum absolute atomic E-state index is 11.8. The van der Waals surface area contributed by atoms with E-state index in [9.17, 15) is 9.59 Å². The van der Waals surface area contributed by atoms with Crippen LogP contribution in [0.25, 0.3) is 0 Å². The van der Waals surface area contributed by atoms with Gasteiger partial charge in [0.15, 0.2) is 0 Å². The highest BCUT2D eigenvalue weighted by atomic mass is 32.2. The summed E-state index contributed by atoms with van der Waals surface area (Å²) >= 11 is 1.32. The lowest BCUT2D eigenvalue weighted by Gasteiger charge is -2.12. The Morgan fingerprint density at radius 1 is 1.39 bits per heavy atom. The molecular weight excluding hydrogens is 250 g/mol. The van der Waals surface area contributed by atoms with Crippen molar-refractivity contribution in [3.63, 3.8) is 0 Å². The van der Waals surface area contributed by atoms with Gasteiger partial charge in [0.05, 0.1) is 12.7 Å². The number of thioether (sulfide) groups is 1. The van der Waals surface area contributed by atoms with Gasteiger partial charge in [-0.05, 0) is 26.0 Å². The molecule has 0 heterocycles. The summed E-state index contributed by atoms with van der Waals surface area (Å²) < 4.78 is 4.67. The van der Waals surface area contributed by atoms with E-state index >= 15 is 0 Å². The summed E-state index contributed by atoms with van der Waals surface area (Å²) in [7, 11) is 1.36. The number of rotatable bonds is 5. The lowest BCUT2D eigenvalue weighted by Crippen LogP contribution is -2.23. The second kappa shape index (κ2) is 7.06. The van der Waals surface area contributed by atoms with Gasteiger partial charge in [-0.25, -0.2) is 0 Å². The van der Waals surface area contributed by atoms with Crippen LogP contribution >= 0.6 is 11.8 Å². The van der Waals surface area contributed by atoms with Crippen LogP contribution in [0.15, 0.2) is 29.2 Å². The first-order valence-electron chi connectivity index (χ1n) is 5.71. The third-order valence-electron chi connectivity index (χ3n) is 2.31. The van der Waals surface area contributed by atoms with Crippen molar-refractivity contribution >= 4 is 23.6 Å². The molecule has 1 amide bonds. The maximum Gasteiger partial charge on any atom is 0.318 e. The molecular formula is C13H17NO3S. The average molecular weight is 267 g/mol. The summed E-state index contributed by atoms with van der Waals surface area (Å²) in [5, 5.41) is 2.41. The number of benzene rings is 1. The van der Waals surface area contributed by atoms with Gasteiger partial charge in [-0.15, -0.1) is 11.8 Å². The zero-order valence-corrected chi connectivity index (χ0v) is 11.5. The van der Waals surface area contributed by atoms with E-state index in [1.807, 2.05) is 19.1 Å². The molecule has 0 spiro atoms. The molecule has 4 nitrogen and oxygen atoms in total. The fourth-order valence-corrected chi connectivity index (χ4v) is 2.44.